The number of hydrogen-bond acceptors (Lipinski definition) is 3. The molecule has 0 N–H and O–H groups in total. The highest BCUT2D eigenvalue weighted by atomic mass is 16.2. The summed E-state index contributed by atoms with van der Waals surface area (Å²) >= 11 is 0. The Kier molecular flexibility index (Phi) is 5.31. The van der Waals surface area contributed by atoms with Gasteiger partial charge in [-0.15, -0.1) is 0 Å². The number of hydrazone groups is 1. The second kappa shape index (κ2) is 7.65. The van der Waals surface area contributed by atoms with Gasteiger partial charge in [-0.2, -0.15) is 10.1 Å². The molecule has 134 valence electrons. The largest absolute Gasteiger partial charge is 0.298 e. The predicted molar refractivity (Wildman–Crippen MR) is 104 cm³/mol. The Morgan fingerprint density at radius 2 is 1.77 bits per heavy atom. The first-order valence-electron chi connectivity index (χ1n) is 9.09. The van der Waals surface area contributed by atoms with Gasteiger partial charge in [-0.3, -0.25) is 9.59 Å². The summed E-state index contributed by atoms with van der Waals surface area (Å²) in [6.45, 7) is 6.03. The molecule has 0 saturated heterocycles. The molecule has 1 unspecified atom stereocenters. The van der Waals surface area contributed by atoms with Gasteiger partial charge in [0.25, 0.3) is 5.91 Å². The van der Waals surface area contributed by atoms with Gasteiger partial charge in [0, 0.05) is 6.42 Å². The van der Waals surface area contributed by atoms with E-state index in [4.69, 9.17) is 0 Å². The van der Waals surface area contributed by atoms with E-state index in [9.17, 15) is 9.59 Å². The zero-order valence-corrected chi connectivity index (χ0v) is 15.5. The fourth-order valence-corrected chi connectivity index (χ4v) is 3.24. The van der Waals surface area contributed by atoms with E-state index in [1.165, 1.54) is 10.6 Å². The van der Waals surface area contributed by atoms with Gasteiger partial charge in [-0.1, -0.05) is 63.2 Å². The Morgan fingerprint density at radius 3 is 2.42 bits per heavy atom. The molecule has 0 bridgehead atoms. The zero-order chi connectivity index (χ0) is 18.7. The first kappa shape index (κ1) is 18.1. The van der Waals surface area contributed by atoms with Gasteiger partial charge in [0.2, 0.25) is 0 Å². The summed E-state index contributed by atoms with van der Waals surface area (Å²) < 4.78 is 0. The fourth-order valence-electron chi connectivity index (χ4n) is 3.24. The third-order valence-electron chi connectivity index (χ3n) is 4.66. The van der Waals surface area contributed by atoms with Crippen molar-refractivity contribution >= 4 is 23.1 Å². The van der Waals surface area contributed by atoms with Crippen LogP contribution in [0.15, 0.2) is 59.7 Å². The van der Waals surface area contributed by atoms with Crippen LogP contribution in [0.5, 0.6) is 0 Å². The van der Waals surface area contributed by atoms with Gasteiger partial charge in [0.05, 0.1) is 11.4 Å². The zero-order valence-electron chi connectivity index (χ0n) is 15.5. The summed E-state index contributed by atoms with van der Waals surface area (Å²) in [6.07, 6.45) is 1.17. The molecule has 0 aromatic heterocycles. The summed E-state index contributed by atoms with van der Waals surface area (Å²) in [5.74, 6) is -1.10. The number of aryl methyl sites for hydroxylation is 1. The van der Waals surface area contributed by atoms with E-state index in [0.717, 1.165) is 12.0 Å². The van der Waals surface area contributed by atoms with Crippen LogP contribution in [0.4, 0.5) is 5.69 Å². The van der Waals surface area contributed by atoms with Crippen molar-refractivity contribution in [2.45, 2.75) is 33.6 Å². The molecule has 2 aromatic rings. The summed E-state index contributed by atoms with van der Waals surface area (Å²) in [6, 6.07) is 17.3. The molecule has 3 rings (SSSR count). The average Bonchev–Trinajstić information content (AvgIpc) is 3.00. The normalized spacial score (nSPS) is 16.9. The highest BCUT2D eigenvalue weighted by Crippen LogP contribution is 2.28. The second-order valence-electron chi connectivity index (χ2n) is 6.91. The minimum atomic E-state index is -0.791. The Balaban J connectivity index is 1.86. The molecule has 1 aliphatic heterocycles. The molecule has 0 spiro atoms. The van der Waals surface area contributed by atoms with E-state index in [1.54, 1.807) is 0 Å². The van der Waals surface area contributed by atoms with Gasteiger partial charge in [0.1, 0.15) is 5.92 Å². The minimum absolute atomic E-state index is 0.0311. The van der Waals surface area contributed by atoms with Crippen molar-refractivity contribution in [1.82, 2.24) is 0 Å². The topological polar surface area (TPSA) is 49.7 Å². The fraction of sp³-hybridized carbons (Fsp3) is 0.318. The van der Waals surface area contributed by atoms with E-state index < -0.39 is 5.92 Å². The third-order valence-corrected chi connectivity index (χ3v) is 4.66. The SMILES string of the molecule is CCc1cccc(CC(=O)C2C(=O)N(c3ccccc3)N=C2C(C)C)c1. The lowest BCUT2D eigenvalue weighted by atomic mass is 9.88. The maximum atomic E-state index is 13.0. The highest BCUT2D eigenvalue weighted by Gasteiger charge is 2.42. The summed E-state index contributed by atoms with van der Waals surface area (Å²) in [4.78, 5) is 26.0. The maximum absolute atomic E-state index is 13.0. The summed E-state index contributed by atoms with van der Waals surface area (Å²) in [5.41, 5.74) is 3.48. The van der Waals surface area contributed by atoms with Gasteiger partial charge in [-0.25, -0.2) is 0 Å². The van der Waals surface area contributed by atoms with Gasteiger partial charge in [-0.05, 0) is 35.6 Å². The highest BCUT2D eigenvalue weighted by molar-refractivity contribution is 6.28. The van der Waals surface area contributed by atoms with Crippen LogP contribution in [0, 0.1) is 11.8 Å². The molecule has 4 nitrogen and oxygen atoms in total. The standard InChI is InChI=1S/C22H24N2O2/c1-4-16-9-8-10-17(13-16)14-19(25)20-21(15(2)3)23-24(22(20)26)18-11-6-5-7-12-18/h5-13,15,20H,4,14H2,1-3H3. The number of carbonyl (C=O) groups is 2. The lowest BCUT2D eigenvalue weighted by Gasteiger charge is -2.14. The lowest BCUT2D eigenvalue weighted by Crippen LogP contribution is -2.35. The monoisotopic (exact) mass is 348 g/mol. The second-order valence-corrected chi connectivity index (χ2v) is 6.91. The molecular weight excluding hydrogens is 324 g/mol. The molecule has 0 radical (unpaired) electrons. The Labute approximate surface area is 154 Å². The van der Waals surface area contributed by atoms with E-state index in [0.29, 0.717) is 11.4 Å². The van der Waals surface area contributed by atoms with Gasteiger partial charge in [0.15, 0.2) is 5.78 Å². The van der Waals surface area contributed by atoms with E-state index in [1.807, 2.05) is 68.4 Å². The molecule has 1 aliphatic rings. The van der Waals surface area contributed by atoms with Crippen molar-refractivity contribution < 1.29 is 9.59 Å². The first-order chi connectivity index (χ1) is 12.5. The number of ketones is 1. The molecule has 1 heterocycles. The minimum Gasteiger partial charge on any atom is -0.298 e. The lowest BCUT2D eigenvalue weighted by molar-refractivity contribution is -0.128. The van der Waals surface area contributed by atoms with Crippen LogP contribution in [0.1, 0.15) is 31.9 Å². The molecule has 2 aromatic carbocycles. The number of anilines is 1. The Bertz CT molecular complexity index is 840. The van der Waals surface area contributed by atoms with Crippen molar-refractivity contribution in [1.29, 1.82) is 0 Å². The molecule has 4 heteroatoms. The number of carbonyl (C=O) groups excluding carboxylic acids is 2. The molecule has 0 aliphatic carbocycles. The molecule has 1 amide bonds. The molecule has 26 heavy (non-hydrogen) atoms. The number of hydrogen-bond donors (Lipinski definition) is 0. The van der Waals surface area contributed by atoms with Crippen molar-refractivity contribution in [3.05, 3.63) is 65.7 Å². The molecule has 0 fully saturated rings. The quantitative estimate of drug-likeness (QED) is 0.740. The van der Waals surface area contributed by atoms with E-state index in [2.05, 4.69) is 12.0 Å². The van der Waals surface area contributed by atoms with Crippen molar-refractivity contribution in [3.63, 3.8) is 0 Å². The molecule has 0 saturated carbocycles. The van der Waals surface area contributed by atoms with Gasteiger partial charge >= 0.3 is 0 Å². The van der Waals surface area contributed by atoms with Crippen molar-refractivity contribution in [3.8, 4) is 0 Å². The molecule has 1 atom stereocenters. The van der Waals surface area contributed by atoms with Crippen molar-refractivity contribution in [2.24, 2.45) is 16.9 Å². The number of nitrogens with zero attached hydrogens (tertiary/aromatic N) is 2. The average molecular weight is 348 g/mol. The van der Waals surface area contributed by atoms with Crippen LogP contribution in [-0.4, -0.2) is 17.4 Å². The van der Waals surface area contributed by atoms with E-state index in [-0.39, 0.29) is 24.0 Å². The van der Waals surface area contributed by atoms with Crippen LogP contribution in [0.25, 0.3) is 0 Å². The van der Waals surface area contributed by atoms with Crippen LogP contribution >= 0.6 is 0 Å². The maximum Gasteiger partial charge on any atom is 0.263 e. The van der Waals surface area contributed by atoms with Crippen LogP contribution in [0.3, 0.4) is 0 Å². The number of para-hydroxylation sites is 1. The van der Waals surface area contributed by atoms with Crippen molar-refractivity contribution in [2.75, 3.05) is 5.01 Å². The van der Waals surface area contributed by atoms with Gasteiger partial charge < -0.3 is 0 Å². The number of rotatable bonds is 6. The van der Waals surface area contributed by atoms with Crippen LogP contribution in [0.2, 0.25) is 0 Å². The Hall–Kier alpha value is -2.75. The Morgan fingerprint density at radius 1 is 1.08 bits per heavy atom. The predicted octanol–water partition coefficient (Wildman–Crippen LogP) is 4.04. The molecular formula is C22H24N2O2. The van der Waals surface area contributed by atoms with Crippen LogP contribution < -0.4 is 5.01 Å². The number of Topliss-reactive ketones (excluding diaryl/α,β-unsaturated/α-hetero) is 1. The third kappa shape index (κ3) is 3.59. The number of benzene rings is 2. The number of amides is 1. The van der Waals surface area contributed by atoms with E-state index >= 15 is 0 Å². The summed E-state index contributed by atoms with van der Waals surface area (Å²) in [5, 5.41) is 5.87. The van der Waals surface area contributed by atoms with Crippen LogP contribution in [-0.2, 0) is 22.4 Å². The summed E-state index contributed by atoms with van der Waals surface area (Å²) in [7, 11) is 0. The first-order valence-corrected chi connectivity index (χ1v) is 9.09. The smallest absolute Gasteiger partial charge is 0.263 e.